The van der Waals surface area contributed by atoms with E-state index in [1.807, 2.05) is 39.0 Å². The zero-order chi connectivity index (χ0) is 28.4. The molecule has 208 valence electrons. The number of fused-ring (bicyclic) bond motifs is 3. The number of hydrogen-bond acceptors (Lipinski definition) is 6. The van der Waals surface area contributed by atoms with Gasteiger partial charge in [-0.15, -0.1) is 0 Å². The summed E-state index contributed by atoms with van der Waals surface area (Å²) in [4.78, 5) is 31.5. The fraction of sp³-hybridized carbons (Fsp3) is 0.333. The van der Waals surface area contributed by atoms with Crippen molar-refractivity contribution < 1.29 is 14.3 Å². The highest BCUT2D eigenvalue weighted by Crippen LogP contribution is 2.37. The van der Waals surface area contributed by atoms with Gasteiger partial charge >= 0.3 is 5.69 Å². The highest BCUT2D eigenvalue weighted by molar-refractivity contribution is 5.92. The van der Waals surface area contributed by atoms with Gasteiger partial charge in [0.25, 0.3) is 5.91 Å². The summed E-state index contributed by atoms with van der Waals surface area (Å²) in [5.41, 5.74) is 7.49. The van der Waals surface area contributed by atoms with Crippen LogP contribution in [0.15, 0.2) is 52.4 Å². The molecule has 0 saturated carbocycles. The van der Waals surface area contributed by atoms with Gasteiger partial charge in [-0.25, -0.2) is 9.79 Å². The molecular formula is C30H34N6O4. The van der Waals surface area contributed by atoms with Crippen LogP contribution in [0.5, 0.6) is 11.5 Å². The number of H-pyrrole nitrogens is 1. The number of carbonyl (C=O) groups is 1. The summed E-state index contributed by atoms with van der Waals surface area (Å²) in [5, 5.41) is 9.34. The van der Waals surface area contributed by atoms with Crippen LogP contribution < -0.4 is 26.0 Å². The molecular weight excluding hydrogens is 508 g/mol. The number of amides is 1. The third-order valence-corrected chi connectivity index (χ3v) is 7.09. The van der Waals surface area contributed by atoms with Gasteiger partial charge < -0.3 is 14.8 Å². The Kier molecular flexibility index (Phi) is 7.59. The summed E-state index contributed by atoms with van der Waals surface area (Å²) in [6.45, 7) is 9.58. The molecule has 0 aliphatic carbocycles. The summed E-state index contributed by atoms with van der Waals surface area (Å²) < 4.78 is 14.8. The van der Waals surface area contributed by atoms with Crippen LogP contribution in [-0.2, 0) is 19.5 Å². The molecule has 40 heavy (non-hydrogen) atoms. The highest BCUT2D eigenvalue weighted by atomic mass is 16.5. The molecule has 0 fully saturated rings. The van der Waals surface area contributed by atoms with Crippen LogP contribution in [0.2, 0.25) is 0 Å². The number of benzene rings is 2. The fourth-order valence-corrected chi connectivity index (χ4v) is 5.30. The minimum absolute atomic E-state index is 0.187. The van der Waals surface area contributed by atoms with Gasteiger partial charge in [-0.3, -0.25) is 19.0 Å². The van der Waals surface area contributed by atoms with E-state index in [-0.39, 0.29) is 24.7 Å². The Balaban J connectivity index is 1.64. The van der Waals surface area contributed by atoms with Gasteiger partial charge in [0, 0.05) is 37.5 Å². The number of ether oxygens (including phenoxy) is 2. The van der Waals surface area contributed by atoms with E-state index in [4.69, 9.17) is 14.5 Å². The smallest absolute Gasteiger partial charge is 0.330 e. The normalized spacial score (nSPS) is 12.6. The molecule has 1 aliphatic rings. The van der Waals surface area contributed by atoms with Gasteiger partial charge in [0.2, 0.25) is 0 Å². The molecule has 10 heteroatoms. The number of aromatic amines is 1. The molecule has 1 amide bonds. The van der Waals surface area contributed by atoms with E-state index in [9.17, 15) is 9.59 Å². The van der Waals surface area contributed by atoms with Gasteiger partial charge in [-0.1, -0.05) is 17.7 Å². The van der Waals surface area contributed by atoms with Crippen molar-refractivity contribution in [1.29, 1.82) is 0 Å². The van der Waals surface area contributed by atoms with Gasteiger partial charge in [-0.05, 0) is 69.0 Å². The van der Waals surface area contributed by atoms with E-state index in [0.717, 1.165) is 39.2 Å². The zero-order valence-electron chi connectivity index (χ0n) is 23.5. The molecule has 0 saturated heterocycles. The lowest BCUT2D eigenvalue weighted by atomic mass is 9.97. The number of aromatic nitrogens is 4. The van der Waals surface area contributed by atoms with E-state index in [1.165, 1.54) is 6.20 Å². The lowest BCUT2D eigenvalue weighted by Crippen LogP contribution is -2.44. The largest absolute Gasteiger partial charge is 0.493 e. The van der Waals surface area contributed by atoms with Crippen molar-refractivity contribution in [3.05, 3.63) is 86.5 Å². The van der Waals surface area contributed by atoms with Crippen molar-refractivity contribution in [1.82, 2.24) is 24.6 Å². The topological polar surface area (TPSA) is 116 Å². The summed E-state index contributed by atoms with van der Waals surface area (Å²) in [6, 6.07) is 11.7. The quantitative estimate of drug-likeness (QED) is 0.353. The van der Waals surface area contributed by atoms with Crippen molar-refractivity contribution in [2.45, 2.75) is 47.2 Å². The number of carbonyl (C=O) groups excluding carboxylic acids is 1. The maximum absolute atomic E-state index is 14.0. The van der Waals surface area contributed by atoms with Crippen LogP contribution in [0.1, 0.15) is 39.7 Å². The summed E-state index contributed by atoms with van der Waals surface area (Å²) in [6.07, 6.45) is 2.20. The van der Waals surface area contributed by atoms with Crippen molar-refractivity contribution in [2.24, 2.45) is 4.99 Å². The minimum atomic E-state index is -0.286. The first kappa shape index (κ1) is 27.0. The Morgan fingerprint density at radius 3 is 2.58 bits per heavy atom. The fourth-order valence-electron chi connectivity index (χ4n) is 5.30. The van der Waals surface area contributed by atoms with Crippen LogP contribution in [0.3, 0.4) is 0 Å². The third-order valence-electron chi connectivity index (χ3n) is 7.09. The van der Waals surface area contributed by atoms with Gasteiger partial charge in [0.15, 0.2) is 11.5 Å². The van der Waals surface area contributed by atoms with Crippen LogP contribution in [0, 0.1) is 20.8 Å². The molecule has 0 spiro atoms. The number of aryl methyl sites for hydroxylation is 4. The molecule has 0 radical (unpaired) electrons. The molecule has 4 aromatic rings. The number of nitrogens with one attached hydrogen (secondary N) is 2. The summed E-state index contributed by atoms with van der Waals surface area (Å²) in [7, 11) is 1.61. The molecule has 0 unspecified atom stereocenters. The van der Waals surface area contributed by atoms with E-state index in [2.05, 4.69) is 34.6 Å². The van der Waals surface area contributed by atoms with Gasteiger partial charge in [0.05, 0.1) is 25.1 Å². The predicted octanol–water partition coefficient (Wildman–Crippen LogP) is 3.59. The molecule has 1 aliphatic heterocycles. The van der Waals surface area contributed by atoms with Crippen molar-refractivity contribution in [3.8, 4) is 22.8 Å². The first-order chi connectivity index (χ1) is 19.3. The number of methoxy groups -OCH3 is 1. The molecule has 0 atom stereocenters. The van der Waals surface area contributed by atoms with E-state index >= 15 is 0 Å². The molecule has 10 nitrogen and oxygen atoms in total. The highest BCUT2D eigenvalue weighted by Gasteiger charge is 2.23. The van der Waals surface area contributed by atoms with E-state index < -0.39 is 0 Å². The Morgan fingerprint density at radius 2 is 1.90 bits per heavy atom. The maximum Gasteiger partial charge on any atom is 0.330 e. The molecule has 5 rings (SSSR count). The van der Waals surface area contributed by atoms with Crippen molar-refractivity contribution in [3.63, 3.8) is 0 Å². The maximum atomic E-state index is 14.0. The standard InChI is InChI=1S/C30H34N6O4/c1-6-40-26-15-21-8-11-35-24(22(21)16-25(26)39-5)17-27(33-28-19(3)13-18(2)14-20(28)4)36(30(35)38)12-10-31-29(37)23-7-9-32-34-23/h7,9,13-17H,6,8,10-12H2,1-5H3,(H,31,37)(H,32,34)/b33-27+. The Morgan fingerprint density at radius 1 is 1.12 bits per heavy atom. The second-order valence-corrected chi connectivity index (χ2v) is 9.90. The number of nitrogens with zero attached hydrogens (tertiary/aromatic N) is 4. The van der Waals surface area contributed by atoms with Crippen LogP contribution in [0.4, 0.5) is 5.69 Å². The first-order valence-corrected chi connectivity index (χ1v) is 13.4. The Labute approximate surface area is 232 Å². The molecule has 3 heterocycles. The predicted molar refractivity (Wildman–Crippen MR) is 152 cm³/mol. The minimum Gasteiger partial charge on any atom is -0.493 e. The second kappa shape index (κ2) is 11.3. The SMILES string of the molecule is CCOc1cc2c(cc1OC)-c1c/c(=N\c3c(C)cc(C)cc3C)n(CCNC(=O)c3ccn[nH]3)c(=O)n1CC2. The van der Waals surface area contributed by atoms with Crippen LogP contribution >= 0.6 is 0 Å². The zero-order valence-corrected chi connectivity index (χ0v) is 23.5. The number of hydrogen-bond donors (Lipinski definition) is 2. The summed E-state index contributed by atoms with van der Waals surface area (Å²) in [5.74, 6) is 1.02. The van der Waals surface area contributed by atoms with Crippen LogP contribution in [-0.4, -0.2) is 45.5 Å². The van der Waals surface area contributed by atoms with E-state index in [0.29, 0.717) is 42.3 Å². The number of rotatable bonds is 8. The molecule has 2 aromatic heterocycles. The monoisotopic (exact) mass is 542 g/mol. The average molecular weight is 543 g/mol. The Hall–Kier alpha value is -4.60. The van der Waals surface area contributed by atoms with Gasteiger partial charge in [-0.2, -0.15) is 5.10 Å². The first-order valence-electron chi connectivity index (χ1n) is 13.4. The third kappa shape index (κ3) is 5.16. The van der Waals surface area contributed by atoms with Crippen molar-refractivity contribution >= 4 is 11.6 Å². The van der Waals surface area contributed by atoms with Gasteiger partial charge in [0.1, 0.15) is 11.2 Å². The average Bonchev–Trinajstić information content (AvgIpc) is 3.47. The summed E-state index contributed by atoms with van der Waals surface area (Å²) >= 11 is 0. The lowest BCUT2D eigenvalue weighted by molar-refractivity contribution is 0.0947. The van der Waals surface area contributed by atoms with Crippen molar-refractivity contribution in [2.75, 3.05) is 20.3 Å². The lowest BCUT2D eigenvalue weighted by Gasteiger charge is -2.25. The van der Waals surface area contributed by atoms with E-state index in [1.54, 1.807) is 22.3 Å². The second-order valence-electron chi connectivity index (χ2n) is 9.90. The van der Waals surface area contributed by atoms with Crippen LogP contribution in [0.25, 0.3) is 11.3 Å². The molecule has 2 N–H and O–H groups in total. The molecule has 0 bridgehead atoms. The molecule has 2 aromatic carbocycles. The Bertz CT molecular complexity index is 1680.